The van der Waals surface area contributed by atoms with Gasteiger partial charge in [0, 0.05) is 5.92 Å². The maximum Gasteiger partial charge on any atom is 0.165 e. The van der Waals surface area contributed by atoms with Gasteiger partial charge in [0.25, 0.3) is 0 Å². The molecule has 3 rings (SSSR count). The van der Waals surface area contributed by atoms with Crippen molar-refractivity contribution >= 4 is 0 Å². The minimum absolute atomic E-state index is 0.0789. The fraction of sp³-hybridized carbons (Fsp3) is 0.500. The van der Waals surface area contributed by atoms with E-state index >= 15 is 0 Å². The molecule has 0 bridgehead atoms. The van der Waals surface area contributed by atoms with Crippen molar-refractivity contribution in [1.29, 1.82) is 0 Å². The van der Waals surface area contributed by atoms with E-state index in [1.54, 1.807) is 18.2 Å². The normalized spacial score (nSPS) is 18.8. The SMILES string of the molecule is CCN(C)C1(N(C)CC)c2ccccc2CC1CC(O)COc1ccccc1F. The van der Waals surface area contributed by atoms with Crippen LogP contribution in [0, 0.1) is 11.7 Å². The monoisotopic (exact) mass is 400 g/mol. The lowest BCUT2D eigenvalue weighted by molar-refractivity contribution is -0.0830. The Morgan fingerprint density at radius 3 is 2.34 bits per heavy atom. The van der Waals surface area contributed by atoms with Crippen molar-refractivity contribution in [2.45, 2.75) is 38.5 Å². The van der Waals surface area contributed by atoms with Crippen LogP contribution in [-0.4, -0.2) is 54.8 Å². The summed E-state index contributed by atoms with van der Waals surface area (Å²) in [6.07, 6.45) is 0.809. The van der Waals surface area contributed by atoms with Crippen LogP contribution in [0.25, 0.3) is 0 Å². The van der Waals surface area contributed by atoms with Gasteiger partial charge in [-0.1, -0.05) is 50.2 Å². The molecule has 0 fully saturated rings. The standard InChI is InChI=1S/C24H33FN2O2/c1-5-26(3)24(27(4)6-2)19(15-18-11-7-8-12-21(18)24)16-20(28)17-29-23-14-10-9-13-22(23)25/h7-14,19-20,28H,5-6,15-17H2,1-4H3. The molecular weight excluding hydrogens is 367 g/mol. The van der Waals surface area contributed by atoms with Gasteiger partial charge in [0.1, 0.15) is 12.3 Å². The highest BCUT2D eigenvalue weighted by Crippen LogP contribution is 2.49. The second-order valence-corrected chi connectivity index (χ2v) is 7.94. The summed E-state index contributed by atoms with van der Waals surface area (Å²) < 4.78 is 19.4. The van der Waals surface area contributed by atoms with Crippen molar-refractivity contribution in [3.63, 3.8) is 0 Å². The summed E-state index contributed by atoms with van der Waals surface area (Å²) in [7, 11) is 4.31. The molecule has 4 nitrogen and oxygen atoms in total. The van der Waals surface area contributed by atoms with Crippen LogP contribution < -0.4 is 4.74 Å². The molecule has 0 heterocycles. The molecule has 2 aromatic rings. The third-order valence-corrected chi connectivity index (χ3v) is 6.39. The van der Waals surface area contributed by atoms with Crippen molar-refractivity contribution in [3.8, 4) is 5.75 Å². The number of hydrogen-bond donors (Lipinski definition) is 1. The number of nitrogens with zero attached hydrogens (tertiary/aromatic N) is 2. The number of para-hydroxylation sites is 1. The number of halogens is 1. The molecule has 0 saturated heterocycles. The van der Waals surface area contributed by atoms with Crippen LogP contribution in [0.4, 0.5) is 4.39 Å². The van der Waals surface area contributed by atoms with Crippen molar-refractivity contribution in [2.75, 3.05) is 33.8 Å². The van der Waals surface area contributed by atoms with Crippen LogP contribution in [-0.2, 0) is 12.1 Å². The molecule has 2 atom stereocenters. The highest BCUT2D eigenvalue weighted by atomic mass is 19.1. The van der Waals surface area contributed by atoms with Gasteiger partial charge in [0.15, 0.2) is 11.6 Å². The Labute approximate surface area is 173 Å². The van der Waals surface area contributed by atoms with Crippen LogP contribution in [0.1, 0.15) is 31.4 Å². The molecule has 0 radical (unpaired) electrons. The highest BCUT2D eigenvalue weighted by molar-refractivity contribution is 5.40. The van der Waals surface area contributed by atoms with Gasteiger partial charge in [-0.25, -0.2) is 4.39 Å². The van der Waals surface area contributed by atoms with E-state index in [4.69, 9.17) is 4.74 Å². The molecule has 0 aliphatic heterocycles. The summed E-state index contributed by atoms with van der Waals surface area (Å²) in [4.78, 5) is 4.77. The number of aliphatic hydroxyl groups excluding tert-OH is 1. The molecule has 1 aliphatic rings. The lowest BCUT2D eigenvalue weighted by atomic mass is 9.85. The Bertz CT molecular complexity index is 803. The quantitative estimate of drug-likeness (QED) is 0.648. The minimum Gasteiger partial charge on any atom is -0.488 e. The minimum atomic E-state index is -0.677. The van der Waals surface area contributed by atoms with Crippen LogP contribution in [0.2, 0.25) is 0 Å². The van der Waals surface area contributed by atoms with Gasteiger partial charge < -0.3 is 9.84 Å². The van der Waals surface area contributed by atoms with Crippen molar-refractivity contribution < 1.29 is 14.2 Å². The molecule has 158 valence electrons. The molecular formula is C24H33FN2O2. The van der Waals surface area contributed by atoms with Gasteiger partial charge in [-0.15, -0.1) is 0 Å². The zero-order chi connectivity index (χ0) is 21.0. The number of fused-ring (bicyclic) bond motifs is 1. The van der Waals surface area contributed by atoms with E-state index in [0.717, 1.165) is 19.5 Å². The van der Waals surface area contributed by atoms with E-state index in [1.165, 1.54) is 17.2 Å². The van der Waals surface area contributed by atoms with E-state index in [9.17, 15) is 9.50 Å². The summed E-state index contributed by atoms with van der Waals surface area (Å²) in [5, 5.41) is 10.8. The van der Waals surface area contributed by atoms with Gasteiger partial charge >= 0.3 is 0 Å². The molecule has 29 heavy (non-hydrogen) atoms. The van der Waals surface area contributed by atoms with Gasteiger partial charge in [-0.2, -0.15) is 0 Å². The predicted octanol–water partition coefficient (Wildman–Crippen LogP) is 3.88. The van der Waals surface area contributed by atoms with Crippen LogP contribution in [0.15, 0.2) is 48.5 Å². The van der Waals surface area contributed by atoms with E-state index in [0.29, 0.717) is 6.42 Å². The van der Waals surface area contributed by atoms with Crippen LogP contribution >= 0.6 is 0 Å². The van der Waals surface area contributed by atoms with E-state index in [2.05, 4.69) is 62.0 Å². The Morgan fingerprint density at radius 1 is 1.07 bits per heavy atom. The maximum atomic E-state index is 13.8. The second kappa shape index (κ2) is 9.24. The lowest BCUT2D eigenvalue weighted by Crippen LogP contribution is -2.58. The Hall–Kier alpha value is -1.95. The first-order valence-electron chi connectivity index (χ1n) is 10.5. The molecule has 0 aromatic heterocycles. The number of rotatable bonds is 9. The Kier molecular flexibility index (Phi) is 6.93. The third-order valence-electron chi connectivity index (χ3n) is 6.39. The topological polar surface area (TPSA) is 35.9 Å². The molecule has 5 heteroatoms. The van der Waals surface area contributed by atoms with E-state index in [1.807, 2.05) is 0 Å². The number of benzene rings is 2. The third kappa shape index (κ3) is 4.04. The summed E-state index contributed by atoms with van der Waals surface area (Å²) in [5.74, 6) is -0.0170. The first kappa shape index (κ1) is 21.8. The smallest absolute Gasteiger partial charge is 0.165 e. The molecule has 1 aliphatic carbocycles. The molecule has 0 saturated carbocycles. The zero-order valence-electron chi connectivity index (χ0n) is 17.9. The Balaban J connectivity index is 1.84. The average Bonchev–Trinajstić information content (AvgIpc) is 3.06. The van der Waals surface area contributed by atoms with Gasteiger partial charge in [0.05, 0.1) is 6.10 Å². The van der Waals surface area contributed by atoms with Crippen molar-refractivity contribution in [1.82, 2.24) is 9.80 Å². The van der Waals surface area contributed by atoms with Gasteiger partial charge in [0.2, 0.25) is 0 Å². The summed E-state index contributed by atoms with van der Waals surface area (Å²) in [6.45, 7) is 6.21. The van der Waals surface area contributed by atoms with Crippen molar-refractivity contribution in [3.05, 3.63) is 65.5 Å². The highest BCUT2D eigenvalue weighted by Gasteiger charge is 2.51. The fourth-order valence-corrected chi connectivity index (χ4v) is 4.88. The molecule has 2 unspecified atom stereocenters. The largest absolute Gasteiger partial charge is 0.488 e. The van der Waals surface area contributed by atoms with Crippen LogP contribution in [0.3, 0.4) is 0 Å². The number of hydrogen-bond acceptors (Lipinski definition) is 4. The first-order valence-corrected chi connectivity index (χ1v) is 10.5. The maximum absolute atomic E-state index is 13.8. The average molecular weight is 401 g/mol. The first-order chi connectivity index (χ1) is 13.9. The molecule has 2 aromatic carbocycles. The van der Waals surface area contributed by atoms with Crippen LogP contribution in [0.5, 0.6) is 5.75 Å². The summed E-state index contributed by atoms with van der Waals surface area (Å²) >= 11 is 0. The number of aliphatic hydroxyl groups is 1. The van der Waals surface area contributed by atoms with Gasteiger partial charge in [-0.3, -0.25) is 9.80 Å². The predicted molar refractivity (Wildman–Crippen MR) is 114 cm³/mol. The van der Waals surface area contributed by atoms with E-state index in [-0.39, 0.29) is 23.9 Å². The second-order valence-electron chi connectivity index (χ2n) is 7.94. The lowest BCUT2D eigenvalue weighted by Gasteiger charge is -2.50. The summed E-state index contributed by atoms with van der Waals surface area (Å²) in [6, 6.07) is 14.9. The molecule has 0 amide bonds. The van der Waals surface area contributed by atoms with Crippen molar-refractivity contribution in [2.24, 2.45) is 5.92 Å². The molecule has 0 spiro atoms. The van der Waals surface area contributed by atoms with Gasteiger partial charge in [-0.05, 0) is 63.3 Å². The fourth-order valence-electron chi connectivity index (χ4n) is 4.88. The zero-order valence-corrected chi connectivity index (χ0v) is 17.9. The molecule has 1 N–H and O–H groups in total. The number of ether oxygens (including phenoxy) is 1. The van der Waals surface area contributed by atoms with E-state index < -0.39 is 11.9 Å². The Morgan fingerprint density at radius 2 is 1.69 bits per heavy atom. The summed E-state index contributed by atoms with van der Waals surface area (Å²) in [5.41, 5.74) is 2.38.